The summed E-state index contributed by atoms with van der Waals surface area (Å²) < 4.78 is 3.31. The quantitative estimate of drug-likeness (QED) is 0.545. The standard InChI is InChI=1S/C23H32ClN7O2/c1-5-29-10-12-30(13-11-29)21-25-15-17(24)20(27-21)26-16-6-7-18-19(14-16)31(22(32)28(18)4)9-8-23(2,3)33/h6-7,14-15,33H,5,8-13H2,1-4H3,(H,25,26,27). The zero-order valence-corrected chi connectivity index (χ0v) is 20.4. The van der Waals surface area contributed by atoms with Gasteiger partial charge in [-0.1, -0.05) is 18.5 Å². The van der Waals surface area contributed by atoms with Gasteiger partial charge in [0.25, 0.3) is 0 Å². The molecule has 3 aromatic rings. The summed E-state index contributed by atoms with van der Waals surface area (Å²) in [6.45, 7) is 10.8. The van der Waals surface area contributed by atoms with E-state index in [1.165, 1.54) is 0 Å². The largest absolute Gasteiger partial charge is 0.390 e. The van der Waals surface area contributed by atoms with Crippen molar-refractivity contribution in [3.05, 3.63) is 39.9 Å². The minimum absolute atomic E-state index is 0.111. The van der Waals surface area contributed by atoms with Gasteiger partial charge in [-0.3, -0.25) is 9.13 Å². The van der Waals surface area contributed by atoms with Crippen molar-refractivity contribution in [1.29, 1.82) is 0 Å². The zero-order valence-electron chi connectivity index (χ0n) is 19.7. The van der Waals surface area contributed by atoms with Gasteiger partial charge >= 0.3 is 5.69 Å². The van der Waals surface area contributed by atoms with Crippen LogP contribution in [-0.2, 0) is 13.6 Å². The number of aliphatic hydroxyl groups is 1. The van der Waals surface area contributed by atoms with Crippen molar-refractivity contribution in [3.8, 4) is 0 Å². The molecule has 1 aliphatic rings. The normalized spacial score (nSPS) is 15.4. The second-order valence-electron chi connectivity index (χ2n) is 9.17. The number of aromatic nitrogens is 4. The topological polar surface area (TPSA) is 91.5 Å². The summed E-state index contributed by atoms with van der Waals surface area (Å²) in [6.07, 6.45) is 2.09. The molecule has 1 saturated heterocycles. The van der Waals surface area contributed by atoms with Crippen LogP contribution in [0.2, 0.25) is 5.02 Å². The molecule has 1 aromatic carbocycles. The minimum atomic E-state index is -0.856. The summed E-state index contributed by atoms with van der Waals surface area (Å²) in [7, 11) is 1.75. The Morgan fingerprint density at radius 3 is 2.58 bits per heavy atom. The first kappa shape index (κ1) is 23.5. The second-order valence-corrected chi connectivity index (χ2v) is 9.58. The highest BCUT2D eigenvalue weighted by molar-refractivity contribution is 6.32. The first-order valence-electron chi connectivity index (χ1n) is 11.3. The van der Waals surface area contributed by atoms with Crippen molar-refractivity contribution in [2.45, 2.75) is 39.3 Å². The van der Waals surface area contributed by atoms with E-state index >= 15 is 0 Å². The summed E-state index contributed by atoms with van der Waals surface area (Å²) in [6, 6.07) is 5.72. The van der Waals surface area contributed by atoms with Crippen LogP contribution in [0.3, 0.4) is 0 Å². The van der Waals surface area contributed by atoms with E-state index in [-0.39, 0.29) is 5.69 Å². The van der Waals surface area contributed by atoms with E-state index in [4.69, 9.17) is 11.6 Å². The average molecular weight is 474 g/mol. The number of hydrogen-bond acceptors (Lipinski definition) is 7. The third-order valence-corrected chi connectivity index (χ3v) is 6.47. The smallest absolute Gasteiger partial charge is 0.328 e. The molecule has 0 saturated carbocycles. The number of aryl methyl sites for hydroxylation is 2. The van der Waals surface area contributed by atoms with E-state index in [1.54, 1.807) is 36.2 Å². The Kier molecular flexibility index (Phi) is 6.65. The lowest BCUT2D eigenvalue weighted by Gasteiger charge is -2.34. The fourth-order valence-corrected chi connectivity index (χ4v) is 4.23. The van der Waals surface area contributed by atoms with Crippen molar-refractivity contribution in [1.82, 2.24) is 24.0 Å². The molecular weight excluding hydrogens is 442 g/mol. The predicted molar refractivity (Wildman–Crippen MR) is 133 cm³/mol. The van der Waals surface area contributed by atoms with Crippen LogP contribution in [0.4, 0.5) is 17.5 Å². The highest BCUT2D eigenvalue weighted by atomic mass is 35.5. The molecule has 0 atom stereocenters. The molecule has 178 valence electrons. The van der Waals surface area contributed by atoms with Crippen LogP contribution in [0, 0.1) is 0 Å². The molecule has 4 rings (SSSR count). The summed E-state index contributed by atoms with van der Waals surface area (Å²) in [5.74, 6) is 1.18. The Balaban J connectivity index is 1.60. The van der Waals surface area contributed by atoms with Gasteiger partial charge in [0, 0.05) is 45.5 Å². The van der Waals surface area contributed by atoms with Crippen molar-refractivity contribution in [2.24, 2.45) is 7.05 Å². The van der Waals surface area contributed by atoms with Gasteiger partial charge in [0.1, 0.15) is 5.02 Å². The number of piperazine rings is 1. The van der Waals surface area contributed by atoms with Crippen LogP contribution < -0.4 is 15.9 Å². The summed E-state index contributed by atoms with van der Waals surface area (Å²) in [4.78, 5) is 26.5. The number of nitrogens with one attached hydrogen (secondary N) is 1. The number of imidazole rings is 1. The number of halogens is 1. The monoisotopic (exact) mass is 473 g/mol. The van der Waals surface area contributed by atoms with Gasteiger partial charge in [0.2, 0.25) is 5.95 Å². The molecule has 0 aliphatic carbocycles. The van der Waals surface area contributed by atoms with E-state index in [0.29, 0.717) is 29.8 Å². The molecule has 0 bridgehead atoms. The molecule has 2 aromatic heterocycles. The Morgan fingerprint density at radius 2 is 1.91 bits per heavy atom. The average Bonchev–Trinajstić information content (AvgIpc) is 3.02. The molecule has 0 unspecified atom stereocenters. The Morgan fingerprint density at radius 1 is 1.18 bits per heavy atom. The van der Waals surface area contributed by atoms with Gasteiger partial charge in [-0.2, -0.15) is 4.98 Å². The molecule has 2 N–H and O–H groups in total. The number of fused-ring (bicyclic) bond motifs is 1. The number of rotatable bonds is 7. The summed E-state index contributed by atoms with van der Waals surface area (Å²) >= 11 is 6.41. The Labute approximate surface area is 198 Å². The zero-order chi connectivity index (χ0) is 23.8. The SMILES string of the molecule is CCN1CCN(c2ncc(Cl)c(Nc3ccc4c(c3)n(CCC(C)(C)O)c(=O)n4C)n2)CC1. The number of nitrogens with zero attached hydrogens (tertiary/aromatic N) is 6. The molecule has 0 radical (unpaired) electrons. The van der Waals surface area contributed by atoms with Gasteiger partial charge in [-0.15, -0.1) is 0 Å². The van der Waals surface area contributed by atoms with Gasteiger partial charge in [0.05, 0.1) is 22.8 Å². The minimum Gasteiger partial charge on any atom is -0.390 e. The molecule has 1 fully saturated rings. The maximum atomic E-state index is 12.8. The fourth-order valence-electron chi connectivity index (χ4n) is 4.09. The number of anilines is 3. The Hall–Kier alpha value is -2.62. The lowest BCUT2D eigenvalue weighted by molar-refractivity contribution is 0.0662. The van der Waals surface area contributed by atoms with Crippen molar-refractivity contribution >= 4 is 40.1 Å². The number of benzene rings is 1. The third-order valence-electron chi connectivity index (χ3n) is 6.19. The molecule has 0 spiro atoms. The maximum absolute atomic E-state index is 12.8. The van der Waals surface area contributed by atoms with E-state index in [9.17, 15) is 9.90 Å². The highest BCUT2D eigenvalue weighted by Crippen LogP contribution is 2.27. The first-order chi connectivity index (χ1) is 15.7. The van der Waals surface area contributed by atoms with E-state index < -0.39 is 5.60 Å². The summed E-state index contributed by atoms with van der Waals surface area (Å²) in [5, 5.41) is 13.8. The number of hydrogen-bond donors (Lipinski definition) is 2. The molecule has 9 nitrogen and oxygen atoms in total. The van der Waals surface area contributed by atoms with E-state index in [1.807, 2.05) is 18.2 Å². The molecule has 3 heterocycles. The van der Waals surface area contributed by atoms with Gasteiger partial charge < -0.3 is 20.2 Å². The van der Waals surface area contributed by atoms with Crippen LogP contribution in [0.15, 0.2) is 29.2 Å². The van der Waals surface area contributed by atoms with Crippen LogP contribution >= 0.6 is 11.6 Å². The first-order valence-corrected chi connectivity index (χ1v) is 11.7. The van der Waals surface area contributed by atoms with Crippen LogP contribution in [0.1, 0.15) is 27.2 Å². The number of likely N-dealkylation sites (N-methyl/N-ethyl adjacent to an activating group) is 1. The lowest BCUT2D eigenvalue weighted by atomic mass is 10.1. The molecule has 1 aliphatic heterocycles. The molecule has 10 heteroatoms. The maximum Gasteiger partial charge on any atom is 0.328 e. The van der Waals surface area contributed by atoms with Crippen molar-refractivity contribution in [2.75, 3.05) is 42.9 Å². The lowest BCUT2D eigenvalue weighted by Crippen LogP contribution is -2.46. The van der Waals surface area contributed by atoms with E-state index in [0.717, 1.165) is 49.4 Å². The molecule has 33 heavy (non-hydrogen) atoms. The van der Waals surface area contributed by atoms with Gasteiger partial charge in [-0.25, -0.2) is 9.78 Å². The van der Waals surface area contributed by atoms with Gasteiger partial charge in [0.15, 0.2) is 5.82 Å². The van der Waals surface area contributed by atoms with Crippen LogP contribution in [0.5, 0.6) is 0 Å². The second kappa shape index (κ2) is 9.32. The van der Waals surface area contributed by atoms with E-state index in [2.05, 4.69) is 32.0 Å². The molecular formula is C23H32ClN7O2. The van der Waals surface area contributed by atoms with Crippen LogP contribution in [0.25, 0.3) is 11.0 Å². The van der Waals surface area contributed by atoms with Gasteiger partial charge in [-0.05, 0) is 45.0 Å². The molecule has 0 amide bonds. The van der Waals surface area contributed by atoms with Crippen molar-refractivity contribution < 1.29 is 5.11 Å². The van der Waals surface area contributed by atoms with Crippen molar-refractivity contribution in [3.63, 3.8) is 0 Å². The highest BCUT2D eigenvalue weighted by Gasteiger charge is 2.20. The predicted octanol–water partition coefficient (Wildman–Crippen LogP) is 2.83. The summed E-state index contributed by atoms with van der Waals surface area (Å²) in [5.41, 5.74) is 1.42. The Bertz CT molecular complexity index is 1190. The fraction of sp³-hybridized carbons (Fsp3) is 0.522. The van der Waals surface area contributed by atoms with Crippen LogP contribution in [-0.4, -0.2) is 67.4 Å². The third kappa shape index (κ3) is 5.15.